The first-order valence-corrected chi connectivity index (χ1v) is 6.88. The number of amides is 1. The van der Waals surface area contributed by atoms with E-state index in [0.717, 1.165) is 19.3 Å². The maximum absolute atomic E-state index is 14.0. The van der Waals surface area contributed by atoms with E-state index in [9.17, 15) is 9.18 Å². The first-order chi connectivity index (χ1) is 8.85. The van der Waals surface area contributed by atoms with E-state index in [1.165, 1.54) is 6.07 Å². The lowest BCUT2D eigenvalue weighted by Gasteiger charge is -2.41. The lowest BCUT2D eigenvalue weighted by Crippen LogP contribution is -2.51. The van der Waals surface area contributed by atoms with Gasteiger partial charge in [0, 0.05) is 12.1 Å². The number of carbonyl (C=O) groups is 1. The van der Waals surface area contributed by atoms with Gasteiger partial charge in [0.05, 0.1) is 5.41 Å². The van der Waals surface area contributed by atoms with Crippen LogP contribution in [0.25, 0.3) is 0 Å². The molecular weight excluding hydrogens is 241 g/mol. The average molecular weight is 263 g/mol. The van der Waals surface area contributed by atoms with Gasteiger partial charge in [0.15, 0.2) is 0 Å². The summed E-state index contributed by atoms with van der Waals surface area (Å²) in [6.07, 6.45) is 2.46. The fourth-order valence-electron chi connectivity index (χ4n) is 2.51. The van der Waals surface area contributed by atoms with E-state index in [-0.39, 0.29) is 17.1 Å². The standard InChI is InChI=1S/C16H22FNO/c1-15(2,3)11-18-14(19)16(9-6-10-16)12-7-4-5-8-13(12)17/h4-5,7-8H,6,9-11H2,1-3H3,(H,18,19). The number of hydrogen-bond acceptors (Lipinski definition) is 1. The zero-order valence-electron chi connectivity index (χ0n) is 11.9. The second-order valence-electron chi connectivity index (χ2n) is 6.66. The van der Waals surface area contributed by atoms with Crippen molar-refractivity contribution >= 4 is 5.91 Å². The van der Waals surface area contributed by atoms with Crippen molar-refractivity contribution in [3.05, 3.63) is 35.6 Å². The second-order valence-corrected chi connectivity index (χ2v) is 6.66. The summed E-state index contributed by atoms with van der Waals surface area (Å²) in [5.74, 6) is -0.299. The predicted octanol–water partition coefficient (Wildman–Crippen LogP) is 3.41. The SMILES string of the molecule is CC(C)(C)CNC(=O)C1(c2ccccc2F)CCC1. The van der Waals surface area contributed by atoms with Gasteiger partial charge in [0.25, 0.3) is 0 Å². The van der Waals surface area contributed by atoms with Crippen molar-refractivity contribution in [2.75, 3.05) is 6.54 Å². The third-order valence-electron chi connectivity index (χ3n) is 3.81. The fraction of sp³-hybridized carbons (Fsp3) is 0.562. The molecule has 0 aliphatic heterocycles. The maximum atomic E-state index is 14.0. The quantitative estimate of drug-likeness (QED) is 0.889. The molecule has 2 rings (SSSR count). The zero-order chi connectivity index (χ0) is 14.1. The summed E-state index contributed by atoms with van der Waals surface area (Å²) in [5.41, 5.74) is -0.0560. The lowest BCUT2D eigenvalue weighted by atomic mass is 9.63. The Balaban J connectivity index is 2.19. The summed E-state index contributed by atoms with van der Waals surface area (Å²) in [6.45, 7) is 6.83. The molecule has 1 N–H and O–H groups in total. The Hall–Kier alpha value is -1.38. The molecular formula is C16H22FNO. The molecule has 2 nitrogen and oxygen atoms in total. The highest BCUT2D eigenvalue weighted by Gasteiger charge is 2.47. The van der Waals surface area contributed by atoms with Crippen LogP contribution in [-0.2, 0) is 10.2 Å². The van der Waals surface area contributed by atoms with Crippen molar-refractivity contribution in [2.24, 2.45) is 5.41 Å². The van der Waals surface area contributed by atoms with Crippen LogP contribution in [0.1, 0.15) is 45.6 Å². The third kappa shape index (κ3) is 2.80. The minimum absolute atomic E-state index is 0.0289. The monoisotopic (exact) mass is 263 g/mol. The molecule has 0 spiro atoms. The number of nitrogens with one attached hydrogen (secondary N) is 1. The molecule has 0 unspecified atom stereocenters. The van der Waals surface area contributed by atoms with Gasteiger partial charge in [-0.3, -0.25) is 4.79 Å². The van der Waals surface area contributed by atoms with Crippen LogP contribution in [0.2, 0.25) is 0 Å². The number of carbonyl (C=O) groups excluding carboxylic acids is 1. The van der Waals surface area contributed by atoms with E-state index in [1.54, 1.807) is 18.2 Å². The predicted molar refractivity (Wildman–Crippen MR) is 74.4 cm³/mol. The number of benzene rings is 1. The van der Waals surface area contributed by atoms with E-state index in [2.05, 4.69) is 26.1 Å². The van der Waals surface area contributed by atoms with Crippen molar-refractivity contribution in [1.29, 1.82) is 0 Å². The Morgan fingerprint density at radius 3 is 2.42 bits per heavy atom. The topological polar surface area (TPSA) is 29.1 Å². The normalized spacial score (nSPS) is 17.7. The third-order valence-corrected chi connectivity index (χ3v) is 3.81. The van der Waals surface area contributed by atoms with Crippen molar-refractivity contribution in [2.45, 2.75) is 45.4 Å². The molecule has 1 amide bonds. The summed E-state index contributed by atoms with van der Waals surface area (Å²) in [6, 6.07) is 6.64. The minimum Gasteiger partial charge on any atom is -0.355 e. The van der Waals surface area contributed by atoms with E-state index in [4.69, 9.17) is 0 Å². The molecule has 1 aromatic carbocycles. The van der Waals surface area contributed by atoms with E-state index in [1.807, 2.05) is 0 Å². The molecule has 0 aromatic heterocycles. The molecule has 19 heavy (non-hydrogen) atoms. The van der Waals surface area contributed by atoms with Gasteiger partial charge in [0.1, 0.15) is 5.82 Å². The summed E-state index contributed by atoms with van der Waals surface area (Å²) in [4.78, 5) is 12.5. The molecule has 0 saturated heterocycles. The molecule has 104 valence electrons. The lowest BCUT2D eigenvalue weighted by molar-refractivity contribution is -0.130. The zero-order valence-corrected chi connectivity index (χ0v) is 11.9. The van der Waals surface area contributed by atoms with E-state index in [0.29, 0.717) is 12.1 Å². The molecule has 1 aliphatic rings. The average Bonchev–Trinajstić information content (AvgIpc) is 2.26. The van der Waals surface area contributed by atoms with Crippen LogP contribution in [0.4, 0.5) is 4.39 Å². The molecule has 1 aliphatic carbocycles. The molecule has 3 heteroatoms. The fourth-order valence-corrected chi connectivity index (χ4v) is 2.51. The second kappa shape index (κ2) is 4.95. The number of halogens is 1. The summed E-state index contributed by atoms with van der Waals surface area (Å²) < 4.78 is 14.0. The molecule has 0 heterocycles. The Bertz CT molecular complexity index is 472. The smallest absolute Gasteiger partial charge is 0.230 e. The van der Waals surface area contributed by atoms with Gasteiger partial charge in [-0.15, -0.1) is 0 Å². The van der Waals surface area contributed by atoms with E-state index < -0.39 is 5.41 Å². The highest BCUT2D eigenvalue weighted by Crippen LogP contribution is 2.44. The molecule has 1 aromatic rings. The van der Waals surface area contributed by atoms with Crippen molar-refractivity contribution in [3.63, 3.8) is 0 Å². The molecule has 0 atom stereocenters. The Kier molecular flexibility index (Phi) is 3.66. The van der Waals surface area contributed by atoms with E-state index >= 15 is 0 Å². The first-order valence-electron chi connectivity index (χ1n) is 6.88. The summed E-state index contributed by atoms with van der Waals surface area (Å²) in [7, 11) is 0. The van der Waals surface area contributed by atoms with Crippen LogP contribution in [0, 0.1) is 11.2 Å². The summed E-state index contributed by atoms with van der Waals surface area (Å²) >= 11 is 0. The first kappa shape index (κ1) is 14.0. The highest BCUT2D eigenvalue weighted by molar-refractivity contribution is 5.89. The van der Waals surface area contributed by atoms with Gasteiger partial charge in [0.2, 0.25) is 5.91 Å². The van der Waals surface area contributed by atoms with Gasteiger partial charge < -0.3 is 5.32 Å². The van der Waals surface area contributed by atoms with Crippen LogP contribution < -0.4 is 5.32 Å². The minimum atomic E-state index is -0.642. The van der Waals surface area contributed by atoms with Crippen LogP contribution >= 0.6 is 0 Å². The van der Waals surface area contributed by atoms with Crippen LogP contribution in [-0.4, -0.2) is 12.5 Å². The maximum Gasteiger partial charge on any atom is 0.230 e. The Morgan fingerprint density at radius 1 is 1.32 bits per heavy atom. The van der Waals surface area contributed by atoms with Crippen LogP contribution in [0.5, 0.6) is 0 Å². The van der Waals surface area contributed by atoms with Gasteiger partial charge in [-0.25, -0.2) is 4.39 Å². The van der Waals surface area contributed by atoms with Gasteiger partial charge in [-0.2, -0.15) is 0 Å². The largest absolute Gasteiger partial charge is 0.355 e. The van der Waals surface area contributed by atoms with Crippen molar-refractivity contribution in [1.82, 2.24) is 5.32 Å². The molecule has 1 fully saturated rings. The van der Waals surface area contributed by atoms with Gasteiger partial charge >= 0.3 is 0 Å². The molecule has 0 radical (unpaired) electrons. The van der Waals surface area contributed by atoms with Crippen molar-refractivity contribution < 1.29 is 9.18 Å². The van der Waals surface area contributed by atoms with Crippen LogP contribution in [0.3, 0.4) is 0 Å². The van der Waals surface area contributed by atoms with Crippen molar-refractivity contribution in [3.8, 4) is 0 Å². The molecule has 0 bridgehead atoms. The number of rotatable bonds is 3. The van der Waals surface area contributed by atoms with Gasteiger partial charge in [-0.1, -0.05) is 45.4 Å². The Morgan fingerprint density at radius 2 is 1.95 bits per heavy atom. The van der Waals surface area contributed by atoms with Gasteiger partial charge in [-0.05, 0) is 24.3 Å². The van der Waals surface area contributed by atoms with Crippen LogP contribution in [0.15, 0.2) is 24.3 Å². The Labute approximate surface area is 114 Å². The summed E-state index contributed by atoms with van der Waals surface area (Å²) in [5, 5.41) is 2.99. The number of hydrogen-bond donors (Lipinski definition) is 1. The highest BCUT2D eigenvalue weighted by atomic mass is 19.1. The molecule has 1 saturated carbocycles.